The highest BCUT2D eigenvalue weighted by atomic mass is 16.5. The first-order valence-corrected chi connectivity index (χ1v) is 5.21. The van der Waals surface area contributed by atoms with Gasteiger partial charge in [0.05, 0.1) is 7.11 Å². The summed E-state index contributed by atoms with van der Waals surface area (Å²) in [6, 6.07) is 4.70. The predicted octanol–water partition coefficient (Wildman–Crippen LogP) is 1.15. The molecule has 1 amide bonds. The van der Waals surface area contributed by atoms with Gasteiger partial charge in [0.25, 0.3) is 5.91 Å². The minimum atomic E-state index is -0.703. The third kappa shape index (κ3) is 3.21. The molecule has 2 N–H and O–H groups in total. The van der Waals surface area contributed by atoms with Gasteiger partial charge >= 0.3 is 0 Å². The maximum atomic E-state index is 11.1. The van der Waals surface area contributed by atoms with Crippen molar-refractivity contribution in [1.82, 2.24) is 0 Å². The van der Waals surface area contributed by atoms with E-state index in [9.17, 15) is 9.59 Å². The van der Waals surface area contributed by atoms with E-state index in [4.69, 9.17) is 15.2 Å². The van der Waals surface area contributed by atoms with Crippen molar-refractivity contribution in [2.24, 2.45) is 5.73 Å². The van der Waals surface area contributed by atoms with Crippen molar-refractivity contribution in [1.29, 1.82) is 0 Å². The lowest BCUT2D eigenvalue weighted by molar-refractivity contribution is -0.124. The average Bonchev–Trinajstić information content (AvgIpc) is 2.35. The van der Waals surface area contributed by atoms with Gasteiger partial charge in [0.15, 0.2) is 17.6 Å². The summed E-state index contributed by atoms with van der Waals surface area (Å²) in [6.45, 7) is 1.79. The molecule has 0 heterocycles. The average molecular weight is 237 g/mol. The van der Waals surface area contributed by atoms with Gasteiger partial charge in [-0.2, -0.15) is 0 Å². The van der Waals surface area contributed by atoms with E-state index in [0.717, 1.165) is 0 Å². The number of carbonyl (C=O) groups excluding carboxylic acids is 2. The number of rotatable bonds is 6. The number of nitrogens with two attached hydrogens (primary N) is 1. The number of primary amides is 1. The third-order valence-corrected chi connectivity index (χ3v) is 2.28. The van der Waals surface area contributed by atoms with Crippen LogP contribution in [-0.2, 0) is 4.79 Å². The van der Waals surface area contributed by atoms with Crippen molar-refractivity contribution in [3.8, 4) is 11.5 Å². The van der Waals surface area contributed by atoms with Gasteiger partial charge in [0.1, 0.15) is 6.29 Å². The van der Waals surface area contributed by atoms with Gasteiger partial charge in [-0.3, -0.25) is 9.59 Å². The van der Waals surface area contributed by atoms with Crippen LogP contribution in [-0.4, -0.2) is 25.4 Å². The summed E-state index contributed by atoms with van der Waals surface area (Å²) >= 11 is 0. The van der Waals surface area contributed by atoms with Crippen molar-refractivity contribution < 1.29 is 19.1 Å². The third-order valence-electron chi connectivity index (χ3n) is 2.28. The molecule has 0 saturated carbocycles. The summed E-state index contributed by atoms with van der Waals surface area (Å²) < 4.78 is 10.5. The van der Waals surface area contributed by atoms with Crippen molar-refractivity contribution in [3.05, 3.63) is 23.8 Å². The number of aldehydes is 1. The number of carbonyl (C=O) groups is 2. The predicted molar refractivity (Wildman–Crippen MR) is 62.3 cm³/mol. The maximum absolute atomic E-state index is 11.1. The Bertz CT molecular complexity index is 417. The zero-order valence-corrected chi connectivity index (χ0v) is 9.80. The molecule has 5 heteroatoms. The van der Waals surface area contributed by atoms with E-state index in [1.807, 2.05) is 0 Å². The standard InChI is InChI=1S/C12H15NO4/c1-3-9(12(13)15)17-10-5-4-8(7-14)6-11(10)16-2/h4-7,9H,3H2,1-2H3,(H2,13,15). The second-order valence-corrected chi connectivity index (χ2v) is 3.45. The summed E-state index contributed by atoms with van der Waals surface area (Å²) in [5.74, 6) is 0.257. The molecule has 1 aromatic carbocycles. The SMILES string of the molecule is CCC(Oc1ccc(C=O)cc1OC)C(N)=O. The first-order valence-electron chi connectivity index (χ1n) is 5.21. The molecular weight excluding hydrogens is 222 g/mol. The van der Waals surface area contributed by atoms with Crippen molar-refractivity contribution in [2.75, 3.05) is 7.11 Å². The molecule has 0 saturated heterocycles. The van der Waals surface area contributed by atoms with Gasteiger partial charge in [-0.15, -0.1) is 0 Å². The van der Waals surface area contributed by atoms with Crippen molar-refractivity contribution in [2.45, 2.75) is 19.4 Å². The van der Waals surface area contributed by atoms with Crippen LogP contribution in [0.3, 0.4) is 0 Å². The van der Waals surface area contributed by atoms with Crippen LogP contribution >= 0.6 is 0 Å². The van der Waals surface area contributed by atoms with Crippen molar-refractivity contribution >= 4 is 12.2 Å². The summed E-state index contributed by atoms with van der Waals surface area (Å²) in [6.07, 6.45) is 0.469. The molecule has 92 valence electrons. The molecule has 0 radical (unpaired) electrons. The maximum Gasteiger partial charge on any atom is 0.258 e. The molecule has 1 unspecified atom stereocenters. The highest BCUT2D eigenvalue weighted by molar-refractivity contribution is 5.79. The molecule has 0 aromatic heterocycles. The summed E-state index contributed by atoms with van der Waals surface area (Å²) in [7, 11) is 1.46. The summed E-state index contributed by atoms with van der Waals surface area (Å²) in [4.78, 5) is 21.7. The first-order chi connectivity index (χ1) is 8.12. The van der Waals surface area contributed by atoms with Gasteiger partial charge in [-0.1, -0.05) is 6.92 Å². The van der Waals surface area contributed by atoms with Crippen molar-refractivity contribution in [3.63, 3.8) is 0 Å². The zero-order chi connectivity index (χ0) is 12.8. The molecule has 1 rings (SSSR count). The fourth-order valence-electron chi connectivity index (χ4n) is 1.35. The normalized spacial score (nSPS) is 11.6. The van der Waals surface area contributed by atoms with E-state index in [1.165, 1.54) is 13.2 Å². The van der Waals surface area contributed by atoms with Crippen LogP contribution in [0.15, 0.2) is 18.2 Å². The number of benzene rings is 1. The number of ether oxygens (including phenoxy) is 2. The Kier molecular flexibility index (Phi) is 4.51. The second-order valence-electron chi connectivity index (χ2n) is 3.45. The van der Waals surface area contributed by atoms with Crippen LogP contribution in [0.2, 0.25) is 0 Å². The monoisotopic (exact) mass is 237 g/mol. The lowest BCUT2D eigenvalue weighted by Crippen LogP contribution is -2.33. The quantitative estimate of drug-likeness (QED) is 0.753. The Balaban J connectivity index is 2.97. The van der Waals surface area contributed by atoms with E-state index in [-0.39, 0.29) is 0 Å². The molecule has 0 fully saturated rings. The minimum Gasteiger partial charge on any atom is -0.493 e. The molecule has 17 heavy (non-hydrogen) atoms. The number of hydrogen-bond acceptors (Lipinski definition) is 4. The van der Waals surface area contributed by atoms with Crippen LogP contribution < -0.4 is 15.2 Å². The Morgan fingerprint density at radius 1 is 1.47 bits per heavy atom. The highest BCUT2D eigenvalue weighted by Crippen LogP contribution is 2.28. The molecule has 0 aliphatic rings. The van der Waals surface area contributed by atoms with Gasteiger partial charge in [-0.05, 0) is 24.6 Å². The Hall–Kier alpha value is -2.04. The topological polar surface area (TPSA) is 78.6 Å². The van der Waals surface area contributed by atoms with Crippen LogP contribution in [0.5, 0.6) is 11.5 Å². The number of amides is 1. The second kappa shape index (κ2) is 5.89. The molecule has 0 aliphatic carbocycles. The van der Waals surface area contributed by atoms with Gasteiger partial charge in [-0.25, -0.2) is 0 Å². The van der Waals surface area contributed by atoms with E-state index in [0.29, 0.717) is 29.8 Å². The lowest BCUT2D eigenvalue weighted by Gasteiger charge is -2.16. The van der Waals surface area contributed by atoms with Gasteiger partial charge < -0.3 is 15.2 Å². The Morgan fingerprint density at radius 3 is 2.65 bits per heavy atom. The van der Waals surface area contributed by atoms with Crippen LogP contribution in [0.1, 0.15) is 23.7 Å². The van der Waals surface area contributed by atoms with Crippen LogP contribution in [0.25, 0.3) is 0 Å². The van der Waals surface area contributed by atoms with Crippen LogP contribution in [0.4, 0.5) is 0 Å². The highest BCUT2D eigenvalue weighted by Gasteiger charge is 2.17. The van der Waals surface area contributed by atoms with Gasteiger partial charge in [0, 0.05) is 5.56 Å². The first kappa shape index (κ1) is 13.0. The number of methoxy groups -OCH3 is 1. The largest absolute Gasteiger partial charge is 0.493 e. The van der Waals surface area contributed by atoms with E-state index < -0.39 is 12.0 Å². The molecule has 5 nitrogen and oxygen atoms in total. The molecule has 1 aromatic rings. The summed E-state index contributed by atoms with van der Waals surface area (Å²) in [5, 5.41) is 0. The Labute approximate surface area is 99.5 Å². The van der Waals surface area contributed by atoms with E-state index in [2.05, 4.69) is 0 Å². The molecular formula is C12H15NO4. The Morgan fingerprint density at radius 2 is 2.18 bits per heavy atom. The van der Waals surface area contributed by atoms with Crippen LogP contribution in [0, 0.1) is 0 Å². The van der Waals surface area contributed by atoms with E-state index >= 15 is 0 Å². The molecule has 1 atom stereocenters. The molecule has 0 bridgehead atoms. The lowest BCUT2D eigenvalue weighted by atomic mass is 10.2. The minimum absolute atomic E-state index is 0.392. The summed E-state index contributed by atoms with van der Waals surface area (Å²) in [5.41, 5.74) is 5.66. The smallest absolute Gasteiger partial charge is 0.258 e. The fourth-order valence-corrected chi connectivity index (χ4v) is 1.35. The van der Waals surface area contributed by atoms with E-state index in [1.54, 1.807) is 19.1 Å². The fraction of sp³-hybridized carbons (Fsp3) is 0.333. The molecule has 0 spiro atoms. The zero-order valence-electron chi connectivity index (χ0n) is 9.80. The molecule has 0 aliphatic heterocycles. The number of hydrogen-bond donors (Lipinski definition) is 1. The van der Waals surface area contributed by atoms with Gasteiger partial charge in [0.2, 0.25) is 0 Å².